The monoisotopic (exact) mass is 291 g/mol. The lowest BCUT2D eigenvalue weighted by Gasteiger charge is -2.35. The van der Waals surface area contributed by atoms with Crippen LogP contribution in [0.4, 0.5) is 5.69 Å². The molecule has 0 amide bonds. The third-order valence-electron chi connectivity index (χ3n) is 4.11. The van der Waals surface area contributed by atoms with Gasteiger partial charge in [-0.15, -0.1) is 0 Å². The van der Waals surface area contributed by atoms with Crippen molar-refractivity contribution in [1.82, 2.24) is 4.90 Å². The fraction of sp³-hybridized carbons (Fsp3) is 0.533. The molecule has 0 spiro atoms. The van der Waals surface area contributed by atoms with Crippen molar-refractivity contribution in [3.05, 3.63) is 28.8 Å². The van der Waals surface area contributed by atoms with Crippen LogP contribution in [0.1, 0.15) is 18.4 Å². The standard InChI is InChI=1S/C15H18ClN3O/c16-14-4-1-5-15(13(14)7-17)18-8-12-9-19-6-2-3-11(19)10-20-12/h1,4-5,11-12,18H,2-3,6,8-10H2. The summed E-state index contributed by atoms with van der Waals surface area (Å²) < 4.78 is 5.90. The second-order valence-corrected chi connectivity index (χ2v) is 5.81. The fourth-order valence-electron chi connectivity index (χ4n) is 3.02. The van der Waals surface area contributed by atoms with Crippen LogP contribution in [0.5, 0.6) is 0 Å². The quantitative estimate of drug-likeness (QED) is 0.929. The Morgan fingerprint density at radius 1 is 1.50 bits per heavy atom. The van der Waals surface area contributed by atoms with Crippen LogP contribution in [0.25, 0.3) is 0 Å². The number of nitrogens with one attached hydrogen (secondary N) is 1. The average molecular weight is 292 g/mol. The molecule has 2 saturated heterocycles. The molecule has 1 aromatic rings. The Bertz CT molecular complexity index is 528. The van der Waals surface area contributed by atoms with E-state index in [0.29, 0.717) is 23.2 Å². The van der Waals surface area contributed by atoms with Crippen molar-refractivity contribution in [3.8, 4) is 6.07 Å². The summed E-state index contributed by atoms with van der Waals surface area (Å²) in [5.41, 5.74) is 1.29. The topological polar surface area (TPSA) is 48.3 Å². The van der Waals surface area contributed by atoms with Crippen molar-refractivity contribution in [2.45, 2.75) is 25.0 Å². The van der Waals surface area contributed by atoms with Gasteiger partial charge in [0.2, 0.25) is 0 Å². The second-order valence-electron chi connectivity index (χ2n) is 5.40. The number of hydrogen-bond acceptors (Lipinski definition) is 4. The average Bonchev–Trinajstić information content (AvgIpc) is 2.92. The Hall–Kier alpha value is -1.28. The molecule has 2 fully saturated rings. The SMILES string of the molecule is N#Cc1c(Cl)cccc1NCC1CN2CCCC2CO1. The number of fused-ring (bicyclic) bond motifs is 1. The van der Waals surface area contributed by atoms with Gasteiger partial charge in [-0.05, 0) is 31.5 Å². The summed E-state index contributed by atoms with van der Waals surface area (Å²) in [6, 6.07) is 8.23. The van der Waals surface area contributed by atoms with Crippen LogP contribution >= 0.6 is 11.6 Å². The molecule has 0 aromatic heterocycles. The van der Waals surface area contributed by atoms with E-state index in [1.54, 1.807) is 6.07 Å². The molecule has 2 heterocycles. The molecule has 0 saturated carbocycles. The number of hydrogen-bond donors (Lipinski definition) is 1. The van der Waals surface area contributed by atoms with Gasteiger partial charge in [-0.25, -0.2) is 0 Å². The van der Waals surface area contributed by atoms with Gasteiger partial charge < -0.3 is 10.1 Å². The van der Waals surface area contributed by atoms with E-state index < -0.39 is 0 Å². The predicted octanol–water partition coefficient (Wildman–Crippen LogP) is 2.49. The minimum Gasteiger partial charge on any atom is -0.381 e. The maximum atomic E-state index is 9.15. The number of ether oxygens (including phenoxy) is 1. The Kier molecular flexibility index (Phi) is 4.11. The zero-order chi connectivity index (χ0) is 13.9. The van der Waals surface area contributed by atoms with Crippen LogP contribution in [0.3, 0.4) is 0 Å². The van der Waals surface area contributed by atoms with Crippen molar-refractivity contribution >= 4 is 17.3 Å². The molecule has 0 radical (unpaired) electrons. The largest absolute Gasteiger partial charge is 0.381 e. The summed E-state index contributed by atoms with van der Waals surface area (Å²) in [5.74, 6) is 0. The first-order valence-electron chi connectivity index (χ1n) is 7.06. The Morgan fingerprint density at radius 3 is 3.25 bits per heavy atom. The molecule has 1 N–H and O–H groups in total. The normalized spacial score (nSPS) is 26.0. The van der Waals surface area contributed by atoms with Gasteiger partial charge in [0, 0.05) is 19.1 Å². The number of halogens is 1. The van der Waals surface area contributed by atoms with Crippen molar-refractivity contribution < 1.29 is 4.74 Å². The second kappa shape index (κ2) is 6.01. The van der Waals surface area contributed by atoms with Crippen LogP contribution in [0, 0.1) is 11.3 Å². The number of nitrogens with zero attached hydrogens (tertiary/aromatic N) is 2. The molecule has 2 aliphatic heterocycles. The van der Waals surface area contributed by atoms with Gasteiger partial charge in [0.15, 0.2) is 0 Å². The first-order chi connectivity index (χ1) is 9.78. The molecule has 2 aliphatic rings. The van der Waals surface area contributed by atoms with Crippen molar-refractivity contribution in [1.29, 1.82) is 5.26 Å². The zero-order valence-corrected chi connectivity index (χ0v) is 12.1. The maximum Gasteiger partial charge on any atom is 0.103 e. The van der Waals surface area contributed by atoms with E-state index in [0.717, 1.165) is 18.8 Å². The summed E-state index contributed by atoms with van der Waals surface area (Å²) in [7, 11) is 0. The van der Waals surface area contributed by atoms with Gasteiger partial charge in [0.05, 0.1) is 29.0 Å². The highest BCUT2D eigenvalue weighted by atomic mass is 35.5. The molecule has 20 heavy (non-hydrogen) atoms. The molecular weight excluding hydrogens is 274 g/mol. The maximum absolute atomic E-state index is 9.15. The van der Waals surface area contributed by atoms with Gasteiger partial charge in [-0.2, -0.15) is 5.26 Å². The molecule has 106 valence electrons. The van der Waals surface area contributed by atoms with Crippen LogP contribution in [0.2, 0.25) is 5.02 Å². The lowest BCUT2D eigenvalue weighted by Crippen LogP contribution is -2.48. The number of benzene rings is 1. The number of rotatable bonds is 3. The van der Waals surface area contributed by atoms with E-state index in [1.807, 2.05) is 12.1 Å². The number of nitriles is 1. The molecule has 2 atom stereocenters. The highest BCUT2D eigenvalue weighted by Crippen LogP contribution is 2.25. The van der Waals surface area contributed by atoms with Crippen LogP contribution in [-0.4, -0.2) is 43.3 Å². The van der Waals surface area contributed by atoms with E-state index >= 15 is 0 Å². The fourth-order valence-corrected chi connectivity index (χ4v) is 3.23. The molecule has 5 heteroatoms. The minimum atomic E-state index is 0.176. The van der Waals surface area contributed by atoms with Gasteiger partial charge in [0.25, 0.3) is 0 Å². The van der Waals surface area contributed by atoms with E-state index in [4.69, 9.17) is 21.6 Å². The highest BCUT2D eigenvalue weighted by Gasteiger charge is 2.32. The third-order valence-corrected chi connectivity index (χ3v) is 4.42. The molecule has 0 aliphatic carbocycles. The molecule has 0 bridgehead atoms. The third kappa shape index (κ3) is 2.76. The highest BCUT2D eigenvalue weighted by molar-refractivity contribution is 6.32. The van der Waals surface area contributed by atoms with Crippen LogP contribution < -0.4 is 5.32 Å². The smallest absolute Gasteiger partial charge is 0.103 e. The van der Waals surface area contributed by atoms with Crippen LogP contribution in [0.15, 0.2) is 18.2 Å². The van der Waals surface area contributed by atoms with E-state index in [9.17, 15) is 0 Å². The van der Waals surface area contributed by atoms with Gasteiger partial charge in [-0.3, -0.25) is 4.90 Å². The Balaban J connectivity index is 1.60. The Morgan fingerprint density at radius 2 is 2.40 bits per heavy atom. The zero-order valence-electron chi connectivity index (χ0n) is 11.3. The van der Waals surface area contributed by atoms with E-state index in [1.165, 1.54) is 19.4 Å². The lowest BCUT2D eigenvalue weighted by molar-refractivity contribution is -0.0415. The molecular formula is C15H18ClN3O. The summed E-state index contributed by atoms with van der Waals surface area (Å²) in [6.07, 6.45) is 2.71. The van der Waals surface area contributed by atoms with Gasteiger partial charge in [-0.1, -0.05) is 17.7 Å². The molecule has 4 nitrogen and oxygen atoms in total. The molecule has 3 rings (SSSR count). The first kappa shape index (κ1) is 13.7. The number of morpholine rings is 1. The van der Waals surface area contributed by atoms with Crippen molar-refractivity contribution in [2.24, 2.45) is 0 Å². The van der Waals surface area contributed by atoms with Gasteiger partial charge in [0.1, 0.15) is 6.07 Å². The summed E-state index contributed by atoms with van der Waals surface area (Å²) in [6.45, 7) is 3.69. The molecule has 1 aromatic carbocycles. The van der Waals surface area contributed by atoms with Gasteiger partial charge >= 0.3 is 0 Å². The summed E-state index contributed by atoms with van der Waals surface area (Å²) in [5, 5.41) is 12.9. The first-order valence-corrected chi connectivity index (χ1v) is 7.44. The minimum absolute atomic E-state index is 0.176. The van der Waals surface area contributed by atoms with Crippen molar-refractivity contribution in [3.63, 3.8) is 0 Å². The van der Waals surface area contributed by atoms with E-state index in [2.05, 4.69) is 16.3 Å². The summed E-state index contributed by atoms with van der Waals surface area (Å²) >= 11 is 6.02. The van der Waals surface area contributed by atoms with E-state index in [-0.39, 0.29) is 6.10 Å². The molecule has 2 unspecified atom stereocenters. The van der Waals surface area contributed by atoms with Crippen LogP contribution in [-0.2, 0) is 4.74 Å². The predicted molar refractivity (Wildman–Crippen MR) is 79.0 cm³/mol. The van der Waals surface area contributed by atoms with Crippen molar-refractivity contribution in [2.75, 3.05) is 31.6 Å². The lowest BCUT2D eigenvalue weighted by atomic mass is 10.1. The number of anilines is 1. The Labute approximate surface area is 124 Å². The summed E-state index contributed by atoms with van der Waals surface area (Å²) in [4.78, 5) is 2.51.